The number of anilines is 1. The number of amides is 1. The molecule has 13 heteroatoms. The Morgan fingerprint density at radius 1 is 0.917 bits per heavy atom. The van der Waals surface area contributed by atoms with Gasteiger partial charge >= 0.3 is 11.9 Å². The molecule has 254 valence electrons. The molecule has 1 aliphatic heterocycles. The smallest absolute Gasteiger partial charge is 0.363 e. The number of alkyl halides is 3. The van der Waals surface area contributed by atoms with Crippen molar-refractivity contribution in [2.75, 3.05) is 37.6 Å². The zero-order chi connectivity index (χ0) is 34.6. The minimum absolute atomic E-state index is 0.133. The predicted octanol–water partition coefficient (Wildman–Crippen LogP) is 4.30. The second-order valence-electron chi connectivity index (χ2n) is 11.8. The second kappa shape index (κ2) is 14.6. The zero-order valence-corrected chi connectivity index (χ0v) is 26.8. The van der Waals surface area contributed by atoms with Crippen LogP contribution in [0, 0.1) is 12.7 Å². The van der Waals surface area contributed by atoms with E-state index in [1.165, 1.54) is 6.92 Å². The van der Waals surface area contributed by atoms with Crippen molar-refractivity contribution >= 4 is 11.6 Å². The number of nitrogens with two attached hydrogens (primary N) is 1. The zero-order valence-electron chi connectivity index (χ0n) is 26.8. The summed E-state index contributed by atoms with van der Waals surface area (Å²) in [4.78, 5) is 44.2. The van der Waals surface area contributed by atoms with Gasteiger partial charge in [0.2, 0.25) is 0 Å². The lowest BCUT2D eigenvalue weighted by Gasteiger charge is -2.37. The van der Waals surface area contributed by atoms with Crippen LogP contribution in [0.3, 0.4) is 0 Å². The van der Waals surface area contributed by atoms with Crippen LogP contribution in [0.15, 0.2) is 82.4 Å². The molecule has 1 amide bonds. The summed E-state index contributed by atoms with van der Waals surface area (Å²) in [7, 11) is 0. The first kappa shape index (κ1) is 34.6. The van der Waals surface area contributed by atoms with Crippen molar-refractivity contribution in [3.8, 4) is 0 Å². The van der Waals surface area contributed by atoms with Crippen LogP contribution in [0.5, 0.6) is 0 Å². The maximum Gasteiger partial charge on any atom is 0.416 e. The van der Waals surface area contributed by atoms with Gasteiger partial charge in [0.05, 0.1) is 18.7 Å². The quantitative estimate of drug-likeness (QED) is 0.245. The average Bonchev–Trinajstić information content (AvgIpc) is 3.06. The molecule has 1 fully saturated rings. The van der Waals surface area contributed by atoms with Crippen molar-refractivity contribution in [3.05, 3.63) is 133 Å². The Balaban J connectivity index is 1.48. The van der Waals surface area contributed by atoms with Crippen molar-refractivity contribution < 1.29 is 22.4 Å². The highest BCUT2D eigenvalue weighted by molar-refractivity contribution is 5.94. The van der Waals surface area contributed by atoms with Gasteiger partial charge in [-0.05, 0) is 49.2 Å². The number of nitrogens with one attached hydrogen (secondary N) is 1. The summed E-state index contributed by atoms with van der Waals surface area (Å²) >= 11 is 0. The van der Waals surface area contributed by atoms with Crippen LogP contribution in [0.4, 0.5) is 23.2 Å². The Kier molecular flexibility index (Phi) is 10.5. The molecule has 0 unspecified atom stereocenters. The van der Waals surface area contributed by atoms with E-state index < -0.39 is 47.0 Å². The molecule has 48 heavy (non-hydrogen) atoms. The molecule has 1 aliphatic rings. The van der Waals surface area contributed by atoms with Gasteiger partial charge < -0.3 is 16.0 Å². The SMILES string of the molecule is CCNC(=O)c1cccc(CN2CCN(c3c(C)n(Cc4c(F)cccc4C(F)(F)F)c(=O)n(C[C@@H](N)c4ccccc4)c3=O)CC2)c1. The van der Waals surface area contributed by atoms with Crippen molar-refractivity contribution in [1.29, 1.82) is 0 Å². The molecule has 0 bridgehead atoms. The standard InChI is InChI=1S/C35H38F4N6O3/c1-3-41-32(46)26-12-7-9-24(19-26)20-42-15-17-43(18-16-42)31-23(2)44(21-27-28(35(37,38)39)13-8-14-29(27)36)34(48)45(33(31)47)22-30(40)25-10-5-4-6-11-25/h4-14,19,30H,3,15-18,20-22,40H2,1-2H3,(H,41,46)/t30-/m1/s1. The molecule has 2 heterocycles. The molecular weight excluding hydrogens is 628 g/mol. The third-order valence-electron chi connectivity index (χ3n) is 8.63. The number of carbonyl (C=O) groups excluding carboxylic acids is 1. The van der Waals surface area contributed by atoms with Crippen LogP contribution < -0.4 is 27.2 Å². The number of halogens is 4. The first-order chi connectivity index (χ1) is 22.9. The van der Waals surface area contributed by atoms with E-state index >= 15 is 0 Å². The molecule has 0 radical (unpaired) electrons. The summed E-state index contributed by atoms with van der Waals surface area (Å²) in [5.41, 5.74) is 5.48. The van der Waals surface area contributed by atoms with E-state index in [4.69, 9.17) is 5.73 Å². The van der Waals surface area contributed by atoms with Crippen LogP contribution in [0.1, 0.15) is 51.3 Å². The van der Waals surface area contributed by atoms with Crippen LogP contribution >= 0.6 is 0 Å². The number of rotatable bonds is 10. The van der Waals surface area contributed by atoms with Gasteiger partial charge in [-0.3, -0.25) is 23.6 Å². The number of hydrogen-bond acceptors (Lipinski definition) is 6. The van der Waals surface area contributed by atoms with Gasteiger partial charge in [0.15, 0.2) is 0 Å². The minimum Gasteiger partial charge on any atom is -0.363 e. The Morgan fingerprint density at radius 3 is 2.27 bits per heavy atom. The maximum atomic E-state index is 15.0. The molecule has 0 aliphatic carbocycles. The largest absolute Gasteiger partial charge is 0.416 e. The lowest BCUT2D eigenvalue weighted by Crippen LogP contribution is -2.51. The molecular formula is C35H38F4N6O3. The Labute approximate surface area is 275 Å². The molecule has 3 N–H and O–H groups in total. The van der Waals surface area contributed by atoms with E-state index in [-0.39, 0.29) is 23.8 Å². The number of nitrogens with zero attached hydrogens (tertiary/aromatic N) is 4. The molecule has 1 atom stereocenters. The van der Waals surface area contributed by atoms with Crippen molar-refractivity contribution in [2.45, 2.75) is 45.7 Å². The van der Waals surface area contributed by atoms with Crippen molar-refractivity contribution in [2.24, 2.45) is 5.73 Å². The van der Waals surface area contributed by atoms with E-state index in [2.05, 4.69) is 10.2 Å². The fraction of sp³-hybridized carbons (Fsp3) is 0.343. The van der Waals surface area contributed by atoms with Crippen LogP contribution in [0.2, 0.25) is 0 Å². The third-order valence-corrected chi connectivity index (χ3v) is 8.63. The molecule has 3 aromatic carbocycles. The molecule has 1 saturated heterocycles. The first-order valence-electron chi connectivity index (χ1n) is 15.7. The molecule has 1 aromatic heterocycles. The number of hydrogen-bond donors (Lipinski definition) is 2. The van der Waals surface area contributed by atoms with Gasteiger partial charge in [-0.2, -0.15) is 13.2 Å². The first-order valence-corrected chi connectivity index (χ1v) is 15.7. The summed E-state index contributed by atoms with van der Waals surface area (Å²) in [6, 6.07) is 18.1. The Morgan fingerprint density at radius 2 is 1.60 bits per heavy atom. The highest BCUT2D eigenvalue weighted by Crippen LogP contribution is 2.33. The summed E-state index contributed by atoms with van der Waals surface area (Å²) in [6.45, 7) is 5.25. The molecule has 5 rings (SSSR count). The highest BCUT2D eigenvalue weighted by Gasteiger charge is 2.35. The normalized spacial score (nSPS) is 14.6. The summed E-state index contributed by atoms with van der Waals surface area (Å²) in [6.07, 6.45) is -4.86. The summed E-state index contributed by atoms with van der Waals surface area (Å²) in [5.74, 6) is -1.27. The van der Waals surface area contributed by atoms with Gasteiger partial charge in [-0.1, -0.05) is 48.5 Å². The van der Waals surface area contributed by atoms with Gasteiger partial charge in [0.1, 0.15) is 11.5 Å². The topological polar surface area (TPSA) is 106 Å². The fourth-order valence-electron chi connectivity index (χ4n) is 6.10. The Hall–Kier alpha value is -4.75. The van der Waals surface area contributed by atoms with Gasteiger partial charge in [0.25, 0.3) is 11.5 Å². The van der Waals surface area contributed by atoms with E-state index in [1.54, 1.807) is 36.4 Å². The van der Waals surface area contributed by atoms with Crippen LogP contribution in [-0.2, 0) is 25.8 Å². The molecule has 9 nitrogen and oxygen atoms in total. The minimum atomic E-state index is -4.86. The highest BCUT2D eigenvalue weighted by atomic mass is 19.4. The van der Waals surface area contributed by atoms with E-state index in [1.807, 2.05) is 30.0 Å². The lowest BCUT2D eigenvalue weighted by atomic mass is 10.1. The van der Waals surface area contributed by atoms with Crippen LogP contribution in [-0.4, -0.2) is 52.7 Å². The van der Waals surface area contributed by atoms with E-state index in [0.717, 1.165) is 32.9 Å². The number of piperazine rings is 1. The maximum absolute atomic E-state index is 15.0. The monoisotopic (exact) mass is 666 g/mol. The number of aromatic nitrogens is 2. The number of carbonyl (C=O) groups is 1. The molecule has 0 saturated carbocycles. The summed E-state index contributed by atoms with van der Waals surface area (Å²) in [5, 5.41) is 2.79. The molecule has 0 spiro atoms. The van der Waals surface area contributed by atoms with Gasteiger partial charge in [-0.15, -0.1) is 0 Å². The molecule has 4 aromatic rings. The average molecular weight is 667 g/mol. The van der Waals surface area contributed by atoms with Gasteiger partial charge in [-0.25, -0.2) is 9.18 Å². The second-order valence-corrected chi connectivity index (χ2v) is 11.8. The number of benzene rings is 3. The van der Waals surface area contributed by atoms with Gasteiger partial charge in [0, 0.05) is 62.1 Å². The summed E-state index contributed by atoms with van der Waals surface area (Å²) < 4.78 is 58.8. The Bertz CT molecular complexity index is 1880. The lowest BCUT2D eigenvalue weighted by molar-refractivity contribution is -0.138. The van der Waals surface area contributed by atoms with Crippen LogP contribution in [0.25, 0.3) is 0 Å². The fourth-order valence-corrected chi connectivity index (χ4v) is 6.10. The van der Waals surface area contributed by atoms with Crippen molar-refractivity contribution in [3.63, 3.8) is 0 Å². The third kappa shape index (κ3) is 7.52. The van der Waals surface area contributed by atoms with Crippen molar-refractivity contribution in [1.82, 2.24) is 19.4 Å². The van der Waals surface area contributed by atoms with E-state index in [9.17, 15) is 31.9 Å². The van der Waals surface area contributed by atoms with E-state index in [0.29, 0.717) is 50.4 Å². The predicted molar refractivity (Wildman–Crippen MR) is 176 cm³/mol.